The number of rotatable bonds is 17. The van der Waals surface area contributed by atoms with E-state index in [2.05, 4.69) is 10.5 Å². The van der Waals surface area contributed by atoms with E-state index in [1.165, 1.54) is 24.1 Å². The molecule has 0 aliphatic carbocycles. The van der Waals surface area contributed by atoms with Crippen LogP contribution in [0.5, 0.6) is 5.75 Å². The molecular weight excluding hydrogens is 771 g/mol. The second kappa shape index (κ2) is 19.7. The number of nitrogens with one attached hydrogen (secondary N) is 1. The minimum atomic E-state index is -3.97. The Morgan fingerprint density at radius 2 is 1.53 bits per heavy atom. The summed E-state index contributed by atoms with van der Waals surface area (Å²) in [5.41, 5.74) is 0.949. The molecule has 4 rings (SSSR count). The highest BCUT2D eigenvalue weighted by molar-refractivity contribution is 7.92. The van der Waals surface area contributed by atoms with Crippen molar-refractivity contribution in [3.63, 3.8) is 0 Å². The van der Waals surface area contributed by atoms with E-state index in [4.69, 9.17) is 14.3 Å². The van der Waals surface area contributed by atoms with E-state index in [9.17, 15) is 31.9 Å². The Hall–Kier alpha value is -5.54. The number of anilines is 2. The van der Waals surface area contributed by atoms with Crippen LogP contribution in [0.25, 0.3) is 0 Å². The van der Waals surface area contributed by atoms with Crippen LogP contribution in [0.15, 0.2) is 96.2 Å². The highest BCUT2D eigenvalue weighted by atomic mass is 32.2. The lowest BCUT2D eigenvalue weighted by atomic mass is 9.99. The van der Waals surface area contributed by atoms with Crippen molar-refractivity contribution >= 4 is 39.1 Å². The first kappa shape index (κ1) is 45.2. The number of nitrogens with zero attached hydrogens (tertiary/aromatic N) is 3. The van der Waals surface area contributed by atoms with E-state index in [0.29, 0.717) is 40.9 Å². The molecule has 12 nitrogen and oxygen atoms in total. The van der Waals surface area contributed by atoms with Gasteiger partial charge in [0.1, 0.15) is 29.6 Å². The predicted octanol–water partition coefficient (Wildman–Crippen LogP) is 7.61. The van der Waals surface area contributed by atoms with Crippen molar-refractivity contribution in [1.82, 2.24) is 10.2 Å². The predicted molar refractivity (Wildman–Crippen MR) is 220 cm³/mol. The van der Waals surface area contributed by atoms with Crippen LogP contribution in [0.2, 0.25) is 0 Å². The molecule has 0 spiro atoms. The number of aliphatic hydroxyl groups is 1. The van der Waals surface area contributed by atoms with Crippen LogP contribution in [-0.4, -0.2) is 80.4 Å². The summed E-state index contributed by atoms with van der Waals surface area (Å²) in [6.45, 7) is 10.5. The van der Waals surface area contributed by atoms with Crippen LogP contribution in [0.3, 0.4) is 0 Å². The zero-order chi connectivity index (χ0) is 42.8. The van der Waals surface area contributed by atoms with E-state index in [-0.39, 0.29) is 42.2 Å². The van der Waals surface area contributed by atoms with Crippen molar-refractivity contribution in [2.75, 3.05) is 30.8 Å². The molecule has 4 aromatic rings. The first-order valence-electron chi connectivity index (χ1n) is 18.6. The molecule has 0 aliphatic rings. The third-order valence-electron chi connectivity index (χ3n) is 8.49. The van der Waals surface area contributed by atoms with Crippen LogP contribution >= 0.6 is 0 Å². The highest BCUT2D eigenvalue weighted by Crippen LogP contribution is 2.31. The van der Waals surface area contributed by atoms with E-state index in [1.54, 1.807) is 88.4 Å². The van der Waals surface area contributed by atoms with Gasteiger partial charge in [-0.1, -0.05) is 49.3 Å². The van der Waals surface area contributed by atoms with Gasteiger partial charge in [0.05, 0.1) is 49.1 Å². The van der Waals surface area contributed by atoms with Gasteiger partial charge in [-0.3, -0.25) is 4.79 Å². The molecule has 0 heterocycles. The number of halogens is 2. The Morgan fingerprint density at radius 3 is 2.14 bits per heavy atom. The molecule has 2 N–H and O–H groups in total. The third kappa shape index (κ3) is 13.5. The van der Waals surface area contributed by atoms with E-state index >= 15 is 0 Å². The second-order valence-corrected chi connectivity index (χ2v) is 17.2. The average Bonchev–Trinajstić information content (AvgIpc) is 3.12. The largest absolute Gasteiger partial charge is 0.497 e. The minimum absolute atomic E-state index is 0.0257. The molecule has 58 heavy (non-hydrogen) atoms. The third-order valence-corrected chi connectivity index (χ3v) is 9.57. The summed E-state index contributed by atoms with van der Waals surface area (Å²) < 4.78 is 67.6. The van der Waals surface area contributed by atoms with Gasteiger partial charge in [-0.2, -0.15) is 0 Å². The van der Waals surface area contributed by atoms with Crippen molar-refractivity contribution < 1.29 is 46.2 Å². The fourth-order valence-corrected chi connectivity index (χ4v) is 6.88. The van der Waals surface area contributed by atoms with Crippen molar-refractivity contribution in [2.45, 2.75) is 72.3 Å². The molecule has 2 amide bonds. The number of hydrogen-bond donors (Lipinski definition) is 2. The number of ether oxygens (including phenoxy) is 2. The smallest absolute Gasteiger partial charge is 0.410 e. The van der Waals surface area contributed by atoms with Crippen LogP contribution in [0.4, 0.5) is 25.0 Å². The summed E-state index contributed by atoms with van der Waals surface area (Å²) in [7, 11) is -2.47. The average molecular weight is 823 g/mol. The van der Waals surface area contributed by atoms with Crippen LogP contribution in [0.1, 0.15) is 68.6 Å². The zero-order valence-corrected chi connectivity index (χ0v) is 34.8. The highest BCUT2D eigenvalue weighted by Gasteiger charge is 2.31. The molecule has 0 radical (unpaired) electrons. The fourth-order valence-electron chi connectivity index (χ4n) is 5.89. The summed E-state index contributed by atoms with van der Waals surface area (Å²) in [5.74, 6) is -1.79. The Morgan fingerprint density at radius 1 is 0.879 bits per heavy atom. The Bertz CT molecular complexity index is 2160. The first-order valence-corrected chi connectivity index (χ1v) is 20.5. The molecule has 0 saturated carbocycles. The summed E-state index contributed by atoms with van der Waals surface area (Å²) >= 11 is 0. The number of carbonyl (C=O) groups excluding carboxylic acids is 2. The number of oxime groups is 1. The topological polar surface area (TPSA) is 147 Å². The van der Waals surface area contributed by atoms with Gasteiger partial charge in [0.2, 0.25) is 10.0 Å². The van der Waals surface area contributed by atoms with Crippen LogP contribution < -0.4 is 14.4 Å². The SMILES string of the molecule is COc1cccc(CN(C[C@@H](O)[C@H](Cc2cc(F)cc(F)c2)NC(=O)c2cc(/C(C)=N/OCC(C)C)cc(N(c3ccccc3)S(C)(=O)=O)c2)C(=O)OC(C)(C)C)c1. The lowest BCUT2D eigenvalue weighted by Gasteiger charge is -2.32. The van der Waals surface area contributed by atoms with E-state index < -0.39 is 51.4 Å². The number of benzene rings is 4. The van der Waals surface area contributed by atoms with Gasteiger partial charge in [-0.15, -0.1) is 0 Å². The van der Waals surface area contributed by atoms with Crippen LogP contribution in [-0.2, 0) is 32.6 Å². The Labute approximate surface area is 339 Å². The van der Waals surface area contributed by atoms with E-state index in [0.717, 1.165) is 22.7 Å². The molecule has 0 aromatic heterocycles. The van der Waals surface area contributed by atoms with Gasteiger partial charge in [-0.25, -0.2) is 26.3 Å². The molecule has 0 aliphatic heterocycles. The van der Waals surface area contributed by atoms with Gasteiger partial charge >= 0.3 is 6.09 Å². The van der Waals surface area contributed by atoms with Gasteiger partial charge in [-0.05, 0) is 106 Å². The number of hydrogen-bond acceptors (Lipinski definition) is 9. The molecule has 15 heteroatoms. The summed E-state index contributed by atoms with van der Waals surface area (Å²) in [6, 6.07) is 21.3. The standard InChI is InChI=1S/C43H52F2N4O8S/c1-28(2)27-56-47-29(3)32-21-33(23-37(22-32)49(58(8,53)54)36-14-10-9-11-15-36)41(51)46-39(20-31-17-34(44)24-35(45)18-31)40(50)26-48(42(52)57-43(4,5)6)25-30-13-12-16-38(19-30)55-7/h9-19,21-24,28,39-40,50H,20,25-27H2,1-8H3,(H,46,51)/b47-29+/t39-,40+/m0/s1. The number of para-hydroxylation sites is 1. The van der Waals surface area contributed by atoms with Gasteiger partial charge in [0.25, 0.3) is 5.91 Å². The summed E-state index contributed by atoms with van der Waals surface area (Å²) in [6.07, 6.45) is -1.52. The minimum Gasteiger partial charge on any atom is -0.497 e. The van der Waals surface area contributed by atoms with Crippen LogP contribution in [0, 0.1) is 17.6 Å². The lowest BCUT2D eigenvalue weighted by molar-refractivity contribution is 0.00836. The number of amides is 2. The number of carbonyl (C=O) groups is 2. The molecule has 2 atom stereocenters. The summed E-state index contributed by atoms with van der Waals surface area (Å²) in [4.78, 5) is 34.7. The van der Waals surface area contributed by atoms with Crippen molar-refractivity contribution in [3.8, 4) is 5.75 Å². The Kier molecular flexibility index (Phi) is 15.4. The quantitative estimate of drug-likeness (QED) is 0.0818. The normalized spacial score (nSPS) is 13.1. The molecule has 0 saturated heterocycles. The van der Waals surface area contributed by atoms with Crippen molar-refractivity contribution in [2.24, 2.45) is 11.1 Å². The number of sulfonamides is 1. The number of methoxy groups -OCH3 is 1. The monoisotopic (exact) mass is 822 g/mol. The molecule has 0 unspecified atom stereocenters. The number of aliphatic hydroxyl groups excluding tert-OH is 1. The van der Waals surface area contributed by atoms with Gasteiger partial charge in [0, 0.05) is 23.7 Å². The lowest BCUT2D eigenvalue weighted by Crippen LogP contribution is -2.51. The van der Waals surface area contributed by atoms with E-state index in [1.807, 2.05) is 13.8 Å². The van der Waals surface area contributed by atoms with Crippen molar-refractivity contribution in [3.05, 3.63) is 125 Å². The fraction of sp³-hybridized carbons (Fsp3) is 0.372. The molecule has 0 fully saturated rings. The molecule has 4 aromatic carbocycles. The maximum atomic E-state index is 14.4. The first-order chi connectivity index (χ1) is 27.2. The molecule has 312 valence electrons. The van der Waals surface area contributed by atoms with Crippen molar-refractivity contribution in [1.29, 1.82) is 0 Å². The zero-order valence-electron chi connectivity index (χ0n) is 34.0. The second-order valence-electron chi connectivity index (χ2n) is 15.3. The van der Waals surface area contributed by atoms with Gasteiger partial charge in [0.15, 0.2) is 0 Å². The maximum absolute atomic E-state index is 14.4. The Balaban J connectivity index is 1.80. The summed E-state index contributed by atoms with van der Waals surface area (Å²) in [5, 5.41) is 18.9. The van der Waals surface area contributed by atoms with Gasteiger partial charge < -0.3 is 29.6 Å². The molecule has 0 bridgehead atoms. The maximum Gasteiger partial charge on any atom is 0.410 e. The molecular formula is C43H52F2N4O8S.